The third-order valence-electron chi connectivity index (χ3n) is 5.84. The molecule has 2 aromatic heterocycles. The third-order valence-corrected chi connectivity index (χ3v) is 5.84. The van der Waals surface area contributed by atoms with Crippen molar-refractivity contribution in [1.29, 1.82) is 0 Å². The minimum atomic E-state index is -0.297. The first-order valence-corrected chi connectivity index (χ1v) is 10.7. The molecule has 0 radical (unpaired) electrons. The molecule has 33 heavy (non-hydrogen) atoms. The summed E-state index contributed by atoms with van der Waals surface area (Å²) in [4.78, 5) is 33.7. The van der Waals surface area contributed by atoms with Gasteiger partial charge in [-0.25, -0.2) is 4.98 Å². The van der Waals surface area contributed by atoms with Gasteiger partial charge in [-0.3, -0.25) is 14.6 Å². The highest BCUT2D eigenvalue weighted by Gasteiger charge is 2.32. The SMILES string of the molecule is CC1(C)CC(=O)Nc2cc(NC(=O)c3cccnc3Nc3ccc4ccncc4c3)ccc21. The molecule has 5 rings (SSSR count). The van der Waals surface area contributed by atoms with Crippen LogP contribution in [0, 0.1) is 0 Å². The molecular formula is C26H23N5O2. The number of fused-ring (bicyclic) bond motifs is 2. The predicted octanol–water partition coefficient (Wildman–Crippen LogP) is 5.25. The number of hydrogen-bond donors (Lipinski definition) is 3. The van der Waals surface area contributed by atoms with Crippen LogP contribution in [0.1, 0.15) is 36.2 Å². The second-order valence-corrected chi connectivity index (χ2v) is 8.79. The zero-order chi connectivity index (χ0) is 23.0. The van der Waals surface area contributed by atoms with E-state index in [1.54, 1.807) is 36.8 Å². The highest BCUT2D eigenvalue weighted by Crippen LogP contribution is 2.38. The van der Waals surface area contributed by atoms with E-state index in [9.17, 15) is 9.59 Å². The lowest BCUT2D eigenvalue weighted by molar-refractivity contribution is -0.117. The van der Waals surface area contributed by atoms with E-state index in [0.717, 1.165) is 27.7 Å². The minimum Gasteiger partial charge on any atom is -0.340 e. The van der Waals surface area contributed by atoms with E-state index in [2.05, 4.69) is 25.9 Å². The molecular weight excluding hydrogens is 414 g/mol. The van der Waals surface area contributed by atoms with Crippen LogP contribution in [-0.4, -0.2) is 21.8 Å². The number of amides is 2. The van der Waals surface area contributed by atoms with Crippen molar-refractivity contribution in [1.82, 2.24) is 9.97 Å². The summed E-state index contributed by atoms with van der Waals surface area (Å²) < 4.78 is 0. The van der Waals surface area contributed by atoms with Crippen molar-refractivity contribution >= 4 is 45.5 Å². The number of aromatic nitrogens is 2. The second kappa shape index (κ2) is 8.02. The molecule has 2 amide bonds. The van der Waals surface area contributed by atoms with Crippen molar-refractivity contribution in [2.24, 2.45) is 0 Å². The number of nitrogens with zero attached hydrogens (tertiary/aromatic N) is 2. The molecule has 0 saturated heterocycles. The van der Waals surface area contributed by atoms with Gasteiger partial charge in [-0.2, -0.15) is 0 Å². The van der Waals surface area contributed by atoms with Crippen LogP contribution in [0.15, 0.2) is 73.2 Å². The Balaban J connectivity index is 1.40. The Morgan fingerprint density at radius 1 is 1.00 bits per heavy atom. The molecule has 3 heterocycles. The molecule has 0 spiro atoms. The molecule has 164 valence electrons. The normalized spacial score (nSPS) is 14.3. The van der Waals surface area contributed by atoms with Gasteiger partial charge in [-0.15, -0.1) is 0 Å². The average molecular weight is 438 g/mol. The van der Waals surface area contributed by atoms with Crippen LogP contribution in [0.4, 0.5) is 22.9 Å². The monoisotopic (exact) mass is 437 g/mol. The topological polar surface area (TPSA) is 96.0 Å². The molecule has 0 atom stereocenters. The van der Waals surface area contributed by atoms with Crippen molar-refractivity contribution < 1.29 is 9.59 Å². The van der Waals surface area contributed by atoms with Gasteiger partial charge in [0.25, 0.3) is 5.91 Å². The van der Waals surface area contributed by atoms with E-state index in [1.807, 2.05) is 50.2 Å². The summed E-state index contributed by atoms with van der Waals surface area (Å²) in [7, 11) is 0. The van der Waals surface area contributed by atoms with Crippen LogP contribution < -0.4 is 16.0 Å². The molecule has 1 aliphatic rings. The first-order valence-electron chi connectivity index (χ1n) is 10.7. The highest BCUT2D eigenvalue weighted by molar-refractivity contribution is 6.08. The molecule has 0 unspecified atom stereocenters. The maximum absolute atomic E-state index is 13.1. The van der Waals surface area contributed by atoms with Crippen LogP contribution in [-0.2, 0) is 10.2 Å². The summed E-state index contributed by atoms with van der Waals surface area (Å²) >= 11 is 0. The Morgan fingerprint density at radius 2 is 1.85 bits per heavy atom. The Morgan fingerprint density at radius 3 is 2.73 bits per heavy atom. The van der Waals surface area contributed by atoms with Crippen LogP contribution >= 0.6 is 0 Å². The number of carbonyl (C=O) groups is 2. The summed E-state index contributed by atoms with van der Waals surface area (Å²) in [6, 6.07) is 16.9. The van der Waals surface area contributed by atoms with Gasteiger partial charge >= 0.3 is 0 Å². The third kappa shape index (κ3) is 4.13. The fourth-order valence-corrected chi connectivity index (χ4v) is 4.19. The number of carbonyl (C=O) groups excluding carboxylic acids is 2. The van der Waals surface area contributed by atoms with Crippen LogP contribution in [0.2, 0.25) is 0 Å². The number of nitrogens with one attached hydrogen (secondary N) is 3. The molecule has 2 aromatic carbocycles. The van der Waals surface area contributed by atoms with Crippen molar-refractivity contribution in [3.63, 3.8) is 0 Å². The largest absolute Gasteiger partial charge is 0.340 e. The van der Waals surface area contributed by atoms with Crippen molar-refractivity contribution in [2.45, 2.75) is 25.7 Å². The molecule has 1 aliphatic heterocycles. The van der Waals surface area contributed by atoms with Gasteiger partial charge in [0.1, 0.15) is 5.82 Å². The Kier molecular flexibility index (Phi) is 5.01. The first kappa shape index (κ1) is 20.6. The van der Waals surface area contributed by atoms with E-state index in [-0.39, 0.29) is 17.2 Å². The second-order valence-electron chi connectivity index (χ2n) is 8.79. The number of hydrogen-bond acceptors (Lipinski definition) is 5. The van der Waals surface area contributed by atoms with Crippen molar-refractivity contribution in [3.05, 3.63) is 84.3 Å². The smallest absolute Gasteiger partial charge is 0.259 e. The van der Waals surface area contributed by atoms with E-state index in [4.69, 9.17) is 0 Å². The first-order chi connectivity index (χ1) is 15.9. The van der Waals surface area contributed by atoms with Crippen LogP contribution in [0.3, 0.4) is 0 Å². The molecule has 7 heteroatoms. The fraction of sp³-hybridized carbons (Fsp3) is 0.154. The molecule has 0 bridgehead atoms. The number of anilines is 4. The predicted molar refractivity (Wildman–Crippen MR) is 130 cm³/mol. The Labute approximate surface area is 191 Å². The molecule has 7 nitrogen and oxygen atoms in total. The number of pyridine rings is 2. The van der Waals surface area contributed by atoms with Crippen molar-refractivity contribution in [3.8, 4) is 0 Å². The maximum Gasteiger partial charge on any atom is 0.259 e. The van der Waals surface area contributed by atoms with E-state index >= 15 is 0 Å². The zero-order valence-corrected chi connectivity index (χ0v) is 18.3. The quantitative estimate of drug-likeness (QED) is 0.405. The van der Waals surface area contributed by atoms with Gasteiger partial charge in [0, 0.05) is 52.9 Å². The van der Waals surface area contributed by atoms with Crippen LogP contribution in [0.25, 0.3) is 10.8 Å². The summed E-state index contributed by atoms with van der Waals surface area (Å²) in [6.45, 7) is 4.08. The summed E-state index contributed by atoms with van der Waals surface area (Å²) in [6.07, 6.45) is 5.62. The van der Waals surface area contributed by atoms with Gasteiger partial charge in [0.2, 0.25) is 5.91 Å². The summed E-state index contributed by atoms with van der Waals surface area (Å²) in [5.41, 5.74) is 3.34. The molecule has 4 aromatic rings. The molecule has 0 aliphatic carbocycles. The lowest BCUT2D eigenvalue weighted by atomic mass is 9.78. The maximum atomic E-state index is 13.1. The van der Waals surface area contributed by atoms with Gasteiger partial charge in [-0.05, 0) is 53.4 Å². The van der Waals surface area contributed by atoms with E-state index in [0.29, 0.717) is 23.5 Å². The van der Waals surface area contributed by atoms with Gasteiger partial charge in [-0.1, -0.05) is 26.0 Å². The standard InChI is InChI=1S/C26H23N5O2/c1-26(2)14-23(32)31-22-13-19(7-8-21(22)26)30-25(33)20-4-3-10-28-24(20)29-18-6-5-16-9-11-27-15-17(16)12-18/h3-13,15H,14H2,1-2H3,(H,28,29)(H,30,33)(H,31,32). The fourth-order valence-electron chi connectivity index (χ4n) is 4.19. The number of benzene rings is 2. The molecule has 3 N–H and O–H groups in total. The summed E-state index contributed by atoms with van der Waals surface area (Å²) in [5.74, 6) is 0.125. The lowest BCUT2D eigenvalue weighted by Gasteiger charge is -2.32. The summed E-state index contributed by atoms with van der Waals surface area (Å²) in [5, 5.41) is 11.1. The van der Waals surface area contributed by atoms with Gasteiger partial charge in [0.15, 0.2) is 0 Å². The Bertz CT molecular complexity index is 1400. The molecule has 0 fully saturated rings. The zero-order valence-electron chi connectivity index (χ0n) is 18.3. The lowest BCUT2D eigenvalue weighted by Crippen LogP contribution is -2.32. The van der Waals surface area contributed by atoms with E-state index < -0.39 is 0 Å². The highest BCUT2D eigenvalue weighted by atomic mass is 16.2. The van der Waals surface area contributed by atoms with Gasteiger partial charge in [0.05, 0.1) is 5.56 Å². The minimum absolute atomic E-state index is 0.0275. The Hall–Kier alpha value is -4.26. The van der Waals surface area contributed by atoms with Crippen molar-refractivity contribution in [2.75, 3.05) is 16.0 Å². The average Bonchev–Trinajstić information content (AvgIpc) is 2.78. The van der Waals surface area contributed by atoms with Crippen LogP contribution in [0.5, 0.6) is 0 Å². The number of rotatable bonds is 4. The van der Waals surface area contributed by atoms with Gasteiger partial charge < -0.3 is 16.0 Å². The van der Waals surface area contributed by atoms with E-state index in [1.165, 1.54) is 0 Å². The molecule has 0 saturated carbocycles.